The molecule has 25 heavy (non-hydrogen) atoms. The number of nitrogens with one attached hydrogen (secondary N) is 2. The maximum Gasteiger partial charge on any atom is 0.277 e. The molecular formula is C16H24Cl2N6O. The smallest absolute Gasteiger partial charge is 0.277 e. The molecule has 2 aromatic rings. The predicted molar refractivity (Wildman–Crippen MR) is 104 cm³/mol. The van der Waals surface area contributed by atoms with Crippen LogP contribution in [-0.4, -0.2) is 48.1 Å². The van der Waals surface area contributed by atoms with E-state index in [0.717, 1.165) is 37.3 Å². The summed E-state index contributed by atoms with van der Waals surface area (Å²) in [6.07, 6.45) is 3.76. The minimum Gasteiger partial charge on any atom is -0.376 e. The van der Waals surface area contributed by atoms with Gasteiger partial charge in [-0.15, -0.1) is 29.9 Å². The van der Waals surface area contributed by atoms with E-state index in [1.807, 2.05) is 47.9 Å². The number of para-hydroxylation sites is 2. The van der Waals surface area contributed by atoms with Gasteiger partial charge >= 0.3 is 0 Å². The zero-order valence-corrected chi connectivity index (χ0v) is 15.9. The van der Waals surface area contributed by atoms with Crippen molar-refractivity contribution in [3.8, 4) is 0 Å². The summed E-state index contributed by atoms with van der Waals surface area (Å²) in [5.41, 5.74) is 2.06. The highest BCUT2D eigenvalue weighted by atomic mass is 35.5. The van der Waals surface area contributed by atoms with Gasteiger partial charge in [-0.1, -0.05) is 17.3 Å². The normalized spacial score (nSPS) is 14.2. The van der Waals surface area contributed by atoms with Gasteiger partial charge in [0.2, 0.25) is 0 Å². The molecule has 1 aromatic carbocycles. The second-order valence-corrected chi connectivity index (χ2v) is 5.93. The molecule has 0 unspecified atom stereocenters. The number of piperidine rings is 1. The van der Waals surface area contributed by atoms with Gasteiger partial charge in [-0.2, -0.15) is 0 Å². The zero-order valence-electron chi connectivity index (χ0n) is 14.3. The van der Waals surface area contributed by atoms with Crippen LogP contribution in [0.4, 0.5) is 11.4 Å². The molecule has 0 bridgehead atoms. The summed E-state index contributed by atoms with van der Waals surface area (Å²) in [6, 6.07) is 8.00. The van der Waals surface area contributed by atoms with E-state index in [2.05, 4.69) is 20.9 Å². The van der Waals surface area contributed by atoms with Crippen LogP contribution in [0.1, 0.15) is 29.4 Å². The van der Waals surface area contributed by atoms with Crippen LogP contribution in [0.25, 0.3) is 0 Å². The Balaban J connectivity index is 0.00000156. The van der Waals surface area contributed by atoms with Gasteiger partial charge in [0.1, 0.15) is 0 Å². The zero-order chi connectivity index (χ0) is 16.2. The van der Waals surface area contributed by atoms with Gasteiger partial charge in [0, 0.05) is 14.1 Å². The largest absolute Gasteiger partial charge is 0.376 e. The second-order valence-electron chi connectivity index (χ2n) is 5.93. The number of benzene rings is 1. The number of carbonyl (C=O) groups excluding carboxylic acids is 1. The number of anilines is 2. The topological polar surface area (TPSA) is 75.1 Å². The van der Waals surface area contributed by atoms with Crippen molar-refractivity contribution in [1.29, 1.82) is 0 Å². The maximum absolute atomic E-state index is 12.4. The lowest BCUT2D eigenvalue weighted by Gasteiger charge is -2.22. The van der Waals surface area contributed by atoms with Gasteiger partial charge < -0.3 is 15.5 Å². The first-order valence-electron chi connectivity index (χ1n) is 7.85. The average molecular weight is 387 g/mol. The molecule has 0 saturated carbocycles. The highest BCUT2D eigenvalue weighted by molar-refractivity contribution is 6.04. The number of carbonyl (C=O) groups is 1. The van der Waals surface area contributed by atoms with Gasteiger partial charge in [-0.25, -0.2) is 4.68 Å². The SMILES string of the molecule is CN(C)c1ccccc1NC(=O)c1cn(C2CCNCC2)nn1.Cl.Cl. The van der Waals surface area contributed by atoms with Crippen molar-refractivity contribution < 1.29 is 4.79 Å². The summed E-state index contributed by atoms with van der Waals surface area (Å²) in [5, 5.41) is 14.4. The molecule has 7 nitrogen and oxygen atoms in total. The fraction of sp³-hybridized carbons (Fsp3) is 0.438. The van der Waals surface area contributed by atoms with Crippen LogP contribution >= 0.6 is 24.8 Å². The standard InChI is InChI=1S/C16H22N6O.2ClH/c1-21(2)15-6-4-3-5-13(15)18-16(23)14-11-22(20-19-14)12-7-9-17-10-8-12;;/h3-6,11-12,17H,7-10H2,1-2H3,(H,18,23);2*1H. The van der Waals surface area contributed by atoms with Gasteiger partial charge in [-0.05, 0) is 38.1 Å². The van der Waals surface area contributed by atoms with Gasteiger partial charge in [0.15, 0.2) is 5.69 Å². The highest BCUT2D eigenvalue weighted by Gasteiger charge is 2.19. The lowest BCUT2D eigenvalue weighted by molar-refractivity contribution is 0.102. The molecule has 1 fully saturated rings. The minimum atomic E-state index is -0.237. The third-order valence-electron chi connectivity index (χ3n) is 4.06. The van der Waals surface area contributed by atoms with Crippen molar-refractivity contribution in [3.63, 3.8) is 0 Å². The number of aromatic nitrogens is 3. The molecule has 0 aliphatic carbocycles. The summed E-state index contributed by atoms with van der Waals surface area (Å²) in [5.74, 6) is -0.237. The molecule has 1 aliphatic heterocycles. The second kappa shape index (κ2) is 9.60. The van der Waals surface area contributed by atoms with Gasteiger partial charge in [0.05, 0.1) is 23.6 Å². The third-order valence-corrected chi connectivity index (χ3v) is 4.06. The average Bonchev–Trinajstić information content (AvgIpc) is 3.06. The first-order chi connectivity index (χ1) is 11.1. The first-order valence-corrected chi connectivity index (χ1v) is 7.85. The molecule has 2 heterocycles. The Kier molecular flexibility index (Phi) is 8.15. The molecular weight excluding hydrogens is 363 g/mol. The number of halogens is 2. The van der Waals surface area contributed by atoms with Crippen molar-refractivity contribution in [1.82, 2.24) is 20.3 Å². The minimum absolute atomic E-state index is 0. The van der Waals surface area contributed by atoms with E-state index in [1.165, 1.54) is 0 Å². The van der Waals surface area contributed by atoms with Crippen LogP contribution in [0, 0.1) is 0 Å². The number of rotatable bonds is 4. The fourth-order valence-corrected chi connectivity index (χ4v) is 2.79. The molecule has 0 atom stereocenters. The summed E-state index contributed by atoms with van der Waals surface area (Å²) < 4.78 is 1.81. The first kappa shape index (κ1) is 21.2. The summed E-state index contributed by atoms with van der Waals surface area (Å²) in [7, 11) is 3.89. The quantitative estimate of drug-likeness (QED) is 0.843. The van der Waals surface area contributed by atoms with E-state index < -0.39 is 0 Å². The maximum atomic E-state index is 12.4. The van der Waals surface area contributed by atoms with Crippen molar-refractivity contribution >= 4 is 42.1 Å². The number of hydrogen-bond donors (Lipinski definition) is 2. The lowest BCUT2D eigenvalue weighted by atomic mass is 10.1. The third kappa shape index (κ3) is 5.07. The molecule has 0 spiro atoms. The van der Waals surface area contributed by atoms with Gasteiger partial charge in [-0.3, -0.25) is 4.79 Å². The Hall–Kier alpha value is -1.83. The van der Waals surface area contributed by atoms with E-state index in [1.54, 1.807) is 6.20 Å². The van der Waals surface area contributed by atoms with E-state index in [0.29, 0.717) is 11.7 Å². The van der Waals surface area contributed by atoms with Crippen molar-refractivity contribution in [3.05, 3.63) is 36.2 Å². The molecule has 1 amide bonds. The van der Waals surface area contributed by atoms with Crippen LogP contribution in [0.2, 0.25) is 0 Å². The van der Waals surface area contributed by atoms with Crippen molar-refractivity contribution in [2.24, 2.45) is 0 Å². The lowest BCUT2D eigenvalue weighted by Crippen LogP contribution is -2.29. The molecule has 138 valence electrons. The molecule has 3 rings (SSSR count). The van der Waals surface area contributed by atoms with Crippen LogP contribution in [0.5, 0.6) is 0 Å². The van der Waals surface area contributed by atoms with Gasteiger partial charge in [0.25, 0.3) is 5.91 Å². The summed E-state index contributed by atoms with van der Waals surface area (Å²) in [6.45, 7) is 1.95. The fourth-order valence-electron chi connectivity index (χ4n) is 2.79. The monoisotopic (exact) mass is 386 g/mol. The number of nitrogens with zero attached hydrogens (tertiary/aromatic N) is 4. The van der Waals surface area contributed by atoms with E-state index in [-0.39, 0.29) is 30.7 Å². The highest BCUT2D eigenvalue weighted by Crippen LogP contribution is 2.24. The van der Waals surface area contributed by atoms with Crippen LogP contribution in [0.3, 0.4) is 0 Å². The van der Waals surface area contributed by atoms with E-state index in [4.69, 9.17) is 0 Å². The van der Waals surface area contributed by atoms with E-state index >= 15 is 0 Å². The molecule has 9 heteroatoms. The Morgan fingerprint density at radius 3 is 2.60 bits per heavy atom. The van der Waals surface area contributed by atoms with Crippen LogP contribution in [-0.2, 0) is 0 Å². The predicted octanol–water partition coefficient (Wildman–Crippen LogP) is 2.36. The Bertz CT molecular complexity index is 685. The van der Waals surface area contributed by atoms with Crippen LogP contribution in [0.15, 0.2) is 30.5 Å². The molecule has 0 radical (unpaired) electrons. The molecule has 1 aromatic heterocycles. The Labute approximate surface area is 160 Å². The number of hydrogen-bond acceptors (Lipinski definition) is 5. The van der Waals surface area contributed by atoms with Crippen molar-refractivity contribution in [2.45, 2.75) is 18.9 Å². The van der Waals surface area contributed by atoms with Crippen molar-refractivity contribution in [2.75, 3.05) is 37.4 Å². The molecule has 2 N–H and O–H groups in total. The molecule has 1 aliphatic rings. The number of amides is 1. The van der Waals surface area contributed by atoms with E-state index in [9.17, 15) is 4.79 Å². The Morgan fingerprint density at radius 2 is 1.92 bits per heavy atom. The van der Waals surface area contributed by atoms with Crippen LogP contribution < -0.4 is 15.5 Å². The summed E-state index contributed by atoms with van der Waals surface area (Å²) >= 11 is 0. The molecule has 1 saturated heterocycles. The Morgan fingerprint density at radius 1 is 1.24 bits per heavy atom. The summed E-state index contributed by atoms with van der Waals surface area (Å²) in [4.78, 5) is 14.4.